The molecule has 0 amide bonds. The van der Waals surface area contributed by atoms with Crippen LogP contribution in [-0.4, -0.2) is 11.2 Å². The maximum Gasteiger partial charge on any atom is 0.118 e. The van der Waals surface area contributed by atoms with E-state index in [4.69, 9.17) is 6.42 Å². The summed E-state index contributed by atoms with van der Waals surface area (Å²) in [6.45, 7) is 2.19. The molecule has 0 aromatic heterocycles. The summed E-state index contributed by atoms with van der Waals surface area (Å²) >= 11 is 0. The van der Waals surface area contributed by atoms with Crippen LogP contribution < -0.4 is 0 Å². The largest absolute Gasteiger partial charge is 0.380 e. The second-order valence-corrected chi connectivity index (χ2v) is 3.81. The van der Waals surface area contributed by atoms with Crippen molar-refractivity contribution in [2.45, 2.75) is 38.7 Å². The van der Waals surface area contributed by atoms with Crippen LogP contribution in [0.3, 0.4) is 0 Å². The molecule has 0 radical (unpaired) electrons. The number of hydrogen-bond acceptors (Lipinski definition) is 1. The maximum atomic E-state index is 9.29. The van der Waals surface area contributed by atoms with E-state index < -0.39 is 6.10 Å². The molecule has 80 valence electrons. The smallest absolute Gasteiger partial charge is 0.118 e. The summed E-state index contributed by atoms with van der Waals surface area (Å²) in [4.78, 5) is 0. The SMILES string of the molecule is C#CC(O)Cc1ccc(CCCC)cc1. The number of benzene rings is 1. The highest BCUT2D eigenvalue weighted by Crippen LogP contribution is 2.09. The van der Waals surface area contributed by atoms with E-state index in [-0.39, 0.29) is 0 Å². The first-order valence-electron chi connectivity index (χ1n) is 5.48. The van der Waals surface area contributed by atoms with Crippen molar-refractivity contribution in [2.75, 3.05) is 0 Å². The third-order valence-corrected chi connectivity index (χ3v) is 2.46. The predicted octanol–water partition coefficient (Wildman–Crippen LogP) is 2.57. The van der Waals surface area contributed by atoms with Crippen molar-refractivity contribution < 1.29 is 5.11 Å². The molecule has 0 aliphatic rings. The molecular formula is C14H18O. The van der Waals surface area contributed by atoms with Gasteiger partial charge in [0.25, 0.3) is 0 Å². The Hall–Kier alpha value is -1.26. The van der Waals surface area contributed by atoms with Gasteiger partial charge in [-0.05, 0) is 24.0 Å². The average Bonchev–Trinajstić information content (AvgIpc) is 2.28. The van der Waals surface area contributed by atoms with E-state index in [1.54, 1.807) is 0 Å². The molecule has 15 heavy (non-hydrogen) atoms. The van der Waals surface area contributed by atoms with E-state index in [1.807, 2.05) is 12.1 Å². The fraction of sp³-hybridized carbons (Fsp3) is 0.429. The van der Waals surface area contributed by atoms with Gasteiger partial charge in [-0.3, -0.25) is 0 Å². The first-order valence-corrected chi connectivity index (χ1v) is 5.48. The van der Waals surface area contributed by atoms with Crippen LogP contribution in [0.25, 0.3) is 0 Å². The average molecular weight is 202 g/mol. The Bertz CT molecular complexity index is 318. The van der Waals surface area contributed by atoms with Crippen molar-refractivity contribution in [3.8, 4) is 12.3 Å². The lowest BCUT2D eigenvalue weighted by molar-refractivity contribution is 0.233. The number of aryl methyl sites for hydroxylation is 1. The van der Waals surface area contributed by atoms with Gasteiger partial charge in [0, 0.05) is 6.42 Å². The third kappa shape index (κ3) is 4.18. The van der Waals surface area contributed by atoms with Crippen LogP contribution in [0.4, 0.5) is 0 Å². The van der Waals surface area contributed by atoms with E-state index in [1.165, 1.54) is 18.4 Å². The minimum Gasteiger partial charge on any atom is -0.380 e. The molecule has 0 aliphatic heterocycles. The van der Waals surface area contributed by atoms with Gasteiger partial charge < -0.3 is 5.11 Å². The van der Waals surface area contributed by atoms with Crippen molar-refractivity contribution in [2.24, 2.45) is 0 Å². The lowest BCUT2D eigenvalue weighted by atomic mass is 10.0. The van der Waals surface area contributed by atoms with Crippen LogP contribution in [0.15, 0.2) is 24.3 Å². The summed E-state index contributed by atoms with van der Waals surface area (Å²) in [7, 11) is 0. The van der Waals surface area contributed by atoms with Gasteiger partial charge in [-0.1, -0.05) is 43.5 Å². The Morgan fingerprint density at radius 2 is 1.87 bits per heavy atom. The highest BCUT2D eigenvalue weighted by atomic mass is 16.3. The Balaban J connectivity index is 2.53. The number of hydrogen-bond donors (Lipinski definition) is 1. The van der Waals surface area contributed by atoms with E-state index in [0.29, 0.717) is 6.42 Å². The van der Waals surface area contributed by atoms with Crippen LogP contribution in [0.1, 0.15) is 30.9 Å². The quantitative estimate of drug-likeness (QED) is 0.728. The van der Waals surface area contributed by atoms with Crippen LogP contribution in [-0.2, 0) is 12.8 Å². The zero-order chi connectivity index (χ0) is 11.1. The molecule has 1 atom stereocenters. The van der Waals surface area contributed by atoms with Crippen molar-refractivity contribution in [3.05, 3.63) is 35.4 Å². The molecule has 1 aromatic rings. The second-order valence-electron chi connectivity index (χ2n) is 3.81. The summed E-state index contributed by atoms with van der Waals surface area (Å²) in [5, 5.41) is 9.29. The maximum absolute atomic E-state index is 9.29. The third-order valence-electron chi connectivity index (χ3n) is 2.46. The molecule has 0 fully saturated rings. The van der Waals surface area contributed by atoms with Crippen LogP contribution in [0, 0.1) is 12.3 Å². The van der Waals surface area contributed by atoms with Gasteiger partial charge in [0.1, 0.15) is 6.10 Å². The lowest BCUT2D eigenvalue weighted by Gasteiger charge is -2.05. The summed E-state index contributed by atoms with van der Waals surface area (Å²) in [6, 6.07) is 8.33. The van der Waals surface area contributed by atoms with E-state index in [2.05, 4.69) is 25.0 Å². The summed E-state index contributed by atoms with van der Waals surface area (Å²) in [6.07, 6.45) is 8.58. The van der Waals surface area contributed by atoms with Gasteiger partial charge in [0.05, 0.1) is 0 Å². The van der Waals surface area contributed by atoms with Crippen molar-refractivity contribution >= 4 is 0 Å². The molecule has 0 spiro atoms. The zero-order valence-corrected chi connectivity index (χ0v) is 9.24. The number of rotatable bonds is 5. The number of aliphatic hydroxyl groups excluding tert-OH is 1. The molecule has 1 aromatic carbocycles. The monoisotopic (exact) mass is 202 g/mol. The Kier molecular flexibility index (Phi) is 4.93. The van der Waals surface area contributed by atoms with E-state index in [9.17, 15) is 5.11 Å². The molecule has 1 N–H and O–H groups in total. The number of aliphatic hydroxyl groups is 1. The second kappa shape index (κ2) is 6.27. The van der Waals surface area contributed by atoms with Crippen molar-refractivity contribution in [3.63, 3.8) is 0 Å². The highest BCUT2D eigenvalue weighted by molar-refractivity contribution is 5.24. The topological polar surface area (TPSA) is 20.2 Å². The molecular weight excluding hydrogens is 184 g/mol. The van der Waals surface area contributed by atoms with Gasteiger partial charge >= 0.3 is 0 Å². The van der Waals surface area contributed by atoms with E-state index in [0.717, 1.165) is 12.0 Å². The summed E-state index contributed by atoms with van der Waals surface area (Å²) < 4.78 is 0. The Morgan fingerprint density at radius 1 is 1.27 bits per heavy atom. The summed E-state index contributed by atoms with van der Waals surface area (Å²) in [5.41, 5.74) is 2.46. The van der Waals surface area contributed by atoms with Gasteiger partial charge in [0.2, 0.25) is 0 Å². The lowest BCUT2D eigenvalue weighted by Crippen LogP contribution is -2.06. The Morgan fingerprint density at radius 3 is 2.40 bits per heavy atom. The molecule has 0 heterocycles. The molecule has 0 aliphatic carbocycles. The first-order chi connectivity index (χ1) is 7.26. The fourth-order valence-electron chi connectivity index (χ4n) is 1.51. The molecule has 1 nitrogen and oxygen atoms in total. The summed E-state index contributed by atoms with van der Waals surface area (Å²) in [5.74, 6) is 2.32. The number of unbranched alkanes of at least 4 members (excludes halogenated alkanes) is 1. The molecule has 1 rings (SSSR count). The standard InChI is InChI=1S/C14H18O/c1-3-5-6-12-7-9-13(10-8-12)11-14(15)4-2/h2,7-10,14-15H,3,5-6,11H2,1H3. The molecule has 0 saturated heterocycles. The van der Waals surface area contributed by atoms with Gasteiger partial charge in [0.15, 0.2) is 0 Å². The molecule has 1 unspecified atom stereocenters. The molecule has 0 saturated carbocycles. The van der Waals surface area contributed by atoms with Crippen LogP contribution in [0.5, 0.6) is 0 Å². The van der Waals surface area contributed by atoms with Crippen LogP contribution in [0.2, 0.25) is 0 Å². The van der Waals surface area contributed by atoms with Gasteiger partial charge in [-0.15, -0.1) is 6.42 Å². The predicted molar refractivity (Wildman–Crippen MR) is 63.6 cm³/mol. The first kappa shape index (κ1) is 11.8. The fourth-order valence-corrected chi connectivity index (χ4v) is 1.51. The normalized spacial score (nSPS) is 12.1. The number of terminal acetylenes is 1. The van der Waals surface area contributed by atoms with Crippen molar-refractivity contribution in [1.82, 2.24) is 0 Å². The molecule has 1 heteroatoms. The molecule has 0 bridgehead atoms. The highest BCUT2D eigenvalue weighted by Gasteiger charge is 2.01. The minimum absolute atomic E-state index is 0.546. The van der Waals surface area contributed by atoms with E-state index >= 15 is 0 Å². The van der Waals surface area contributed by atoms with Crippen molar-refractivity contribution in [1.29, 1.82) is 0 Å². The minimum atomic E-state index is -0.661. The van der Waals surface area contributed by atoms with Gasteiger partial charge in [-0.2, -0.15) is 0 Å². The Labute approximate surface area is 92.1 Å². The van der Waals surface area contributed by atoms with Gasteiger partial charge in [-0.25, -0.2) is 0 Å². The zero-order valence-electron chi connectivity index (χ0n) is 9.24. The van der Waals surface area contributed by atoms with Crippen LogP contribution >= 0.6 is 0 Å².